The Morgan fingerprint density at radius 3 is 2.75 bits per heavy atom. The number of benzene rings is 2. The van der Waals surface area contributed by atoms with E-state index >= 15 is 0 Å². The summed E-state index contributed by atoms with van der Waals surface area (Å²) in [5, 5.41) is 3.63. The van der Waals surface area contributed by atoms with Crippen molar-refractivity contribution in [3.63, 3.8) is 0 Å². The van der Waals surface area contributed by atoms with Gasteiger partial charge in [-0.05, 0) is 117 Å². The van der Waals surface area contributed by atoms with Gasteiger partial charge in [0, 0.05) is 42.2 Å². The van der Waals surface area contributed by atoms with Crippen LogP contribution in [-0.2, 0) is 26.5 Å². The number of amides is 3. The van der Waals surface area contributed by atoms with Crippen LogP contribution in [0.25, 0.3) is 0 Å². The van der Waals surface area contributed by atoms with Crippen molar-refractivity contribution in [2.75, 3.05) is 37.5 Å². The monoisotopic (exact) mass is 694 g/mol. The quantitative estimate of drug-likeness (QED) is 0.341. The van der Waals surface area contributed by atoms with E-state index in [1.807, 2.05) is 25.1 Å². The van der Waals surface area contributed by atoms with Gasteiger partial charge in [-0.1, -0.05) is 36.7 Å². The highest BCUT2D eigenvalue weighted by Gasteiger charge is 2.44. The predicted octanol–water partition coefficient (Wildman–Crippen LogP) is 6.83. The molecule has 0 aromatic heterocycles. The molecule has 5 aliphatic rings. The number of rotatable bonds is 3. The third-order valence-electron chi connectivity index (χ3n) is 11.2. The van der Waals surface area contributed by atoms with Gasteiger partial charge in [-0.25, -0.2) is 9.00 Å². The molecule has 2 aromatic rings. The summed E-state index contributed by atoms with van der Waals surface area (Å²) in [6, 6.07) is 11.2. The first-order valence-electron chi connectivity index (χ1n) is 17.5. The van der Waals surface area contributed by atoms with Gasteiger partial charge in [-0.15, -0.1) is 4.36 Å². The number of fused-ring (bicyclic) bond motifs is 4. The summed E-state index contributed by atoms with van der Waals surface area (Å²) in [6.07, 6.45) is 12.9. The van der Waals surface area contributed by atoms with E-state index in [4.69, 9.17) is 21.1 Å². The zero-order valence-electron chi connectivity index (χ0n) is 27.9. The molecule has 258 valence electrons. The van der Waals surface area contributed by atoms with Crippen LogP contribution in [0.4, 0.5) is 10.5 Å². The molecule has 0 radical (unpaired) electrons. The summed E-state index contributed by atoms with van der Waals surface area (Å²) in [7, 11) is -1.66. The minimum absolute atomic E-state index is 0.0357. The van der Waals surface area contributed by atoms with Gasteiger partial charge < -0.3 is 19.7 Å². The fourth-order valence-electron chi connectivity index (χ4n) is 8.28. The molecule has 2 saturated carbocycles. The molecule has 2 N–H and O–H groups in total. The largest absolute Gasteiger partial charge is 0.490 e. The second-order valence-electron chi connectivity index (χ2n) is 14.7. The first kappa shape index (κ1) is 33.4. The van der Waals surface area contributed by atoms with Gasteiger partial charge in [0.25, 0.3) is 5.91 Å². The van der Waals surface area contributed by atoms with Crippen LogP contribution in [0.5, 0.6) is 5.75 Å². The van der Waals surface area contributed by atoms with Crippen molar-refractivity contribution >= 4 is 39.1 Å². The number of aryl methyl sites for hydroxylation is 1. The highest BCUT2D eigenvalue weighted by Crippen LogP contribution is 2.47. The topological polar surface area (TPSA) is 109 Å². The molecule has 2 fully saturated rings. The van der Waals surface area contributed by atoms with E-state index in [0.29, 0.717) is 30.4 Å². The van der Waals surface area contributed by atoms with Crippen molar-refractivity contribution in [2.45, 2.75) is 82.3 Å². The lowest BCUT2D eigenvalue weighted by molar-refractivity contribution is 0.0131. The Kier molecular flexibility index (Phi) is 9.52. The molecule has 1 spiro atoms. The summed E-state index contributed by atoms with van der Waals surface area (Å²) in [4.78, 5) is 29.2. The number of allylic oxidation sites excluding steroid dienone is 1. The van der Waals surface area contributed by atoms with Crippen molar-refractivity contribution in [2.24, 2.45) is 22.1 Å². The number of hydrogen-bond acceptors (Lipinski definition) is 6. The first-order valence-corrected chi connectivity index (χ1v) is 19.6. The Morgan fingerprint density at radius 2 is 2.00 bits per heavy atom. The second kappa shape index (κ2) is 13.7. The summed E-state index contributed by atoms with van der Waals surface area (Å²) in [5.41, 5.74) is 3.48. The van der Waals surface area contributed by atoms with Crippen LogP contribution in [0, 0.1) is 17.8 Å². The number of nitrogens with one attached hydrogen (secondary N) is 2. The van der Waals surface area contributed by atoms with Crippen molar-refractivity contribution in [3.05, 3.63) is 70.3 Å². The normalized spacial score (nSPS) is 32.6. The molecule has 7 rings (SSSR count). The number of ether oxygens (including phenoxy) is 2. The van der Waals surface area contributed by atoms with Crippen LogP contribution < -0.4 is 19.7 Å². The van der Waals surface area contributed by atoms with Crippen molar-refractivity contribution < 1.29 is 23.3 Å². The van der Waals surface area contributed by atoms with Gasteiger partial charge >= 0.3 is 6.03 Å². The number of carbonyl (C=O) groups excluding carboxylic acids is 2. The number of carbonyl (C=O) groups is 2. The van der Waals surface area contributed by atoms with Crippen LogP contribution in [0.2, 0.25) is 5.02 Å². The number of hydrogen-bond donors (Lipinski definition) is 2. The maximum Gasteiger partial charge on any atom is 0.327 e. The lowest BCUT2D eigenvalue weighted by Gasteiger charge is -2.46. The molecule has 2 bridgehead atoms. The van der Waals surface area contributed by atoms with Gasteiger partial charge in [0.1, 0.15) is 15.7 Å². The second-order valence-corrected chi connectivity index (χ2v) is 17.1. The van der Waals surface area contributed by atoms with Crippen LogP contribution in [0.15, 0.2) is 52.9 Å². The Bertz CT molecular complexity index is 1720. The van der Waals surface area contributed by atoms with Crippen molar-refractivity contribution in [3.8, 4) is 5.75 Å². The SMILES string of the molecule is CO[C@H]1/C=C/C[C@H](C)CS(=O)(NC(=O)NC2CCC2)=NC(=O)c2ccc3c(c2)N(C[C@@H]2CC[C@H]21)C[C@@]1(CCCc2cc(Cl)ccc21)CO3. The minimum atomic E-state index is -3.43. The molecular formula is C37H47ClN4O5S. The Hall–Kier alpha value is -3.08. The Morgan fingerprint density at radius 1 is 1.15 bits per heavy atom. The number of halogens is 1. The fraction of sp³-hybridized carbons (Fsp3) is 0.568. The van der Waals surface area contributed by atoms with Crippen LogP contribution >= 0.6 is 11.6 Å². The number of nitrogens with zero attached hydrogens (tertiary/aromatic N) is 2. The van der Waals surface area contributed by atoms with Gasteiger partial charge in [0.05, 0.1) is 24.2 Å². The lowest BCUT2D eigenvalue weighted by Crippen LogP contribution is -2.49. The summed E-state index contributed by atoms with van der Waals surface area (Å²) >= 11 is 6.45. The average molecular weight is 695 g/mol. The van der Waals surface area contributed by atoms with Gasteiger partial charge in [0.2, 0.25) is 0 Å². The summed E-state index contributed by atoms with van der Waals surface area (Å²) in [5.74, 6) is 0.823. The van der Waals surface area contributed by atoms with E-state index in [2.05, 4.69) is 43.6 Å². The Balaban J connectivity index is 1.28. The molecule has 0 saturated heterocycles. The zero-order valence-corrected chi connectivity index (χ0v) is 29.5. The molecule has 11 heteroatoms. The summed E-state index contributed by atoms with van der Waals surface area (Å²) in [6.45, 7) is 4.02. The smallest absolute Gasteiger partial charge is 0.327 e. The third kappa shape index (κ3) is 6.85. The highest BCUT2D eigenvalue weighted by atomic mass is 35.5. The molecule has 3 aliphatic carbocycles. The van der Waals surface area contributed by atoms with Gasteiger partial charge in [0.15, 0.2) is 0 Å². The maximum atomic E-state index is 14.3. The van der Waals surface area contributed by atoms with Gasteiger partial charge in [-0.3, -0.25) is 9.52 Å². The lowest BCUT2D eigenvalue weighted by atomic mass is 9.68. The highest BCUT2D eigenvalue weighted by molar-refractivity contribution is 7.92. The van der Waals surface area contributed by atoms with Crippen molar-refractivity contribution in [1.82, 2.24) is 10.0 Å². The van der Waals surface area contributed by atoms with Gasteiger partial charge in [-0.2, -0.15) is 0 Å². The average Bonchev–Trinajstić information content (AvgIpc) is 3.16. The molecule has 9 nitrogen and oxygen atoms in total. The minimum Gasteiger partial charge on any atom is -0.490 e. The van der Waals surface area contributed by atoms with E-state index < -0.39 is 21.9 Å². The van der Waals surface area contributed by atoms with Crippen molar-refractivity contribution in [1.29, 1.82) is 0 Å². The predicted molar refractivity (Wildman–Crippen MR) is 189 cm³/mol. The van der Waals surface area contributed by atoms with Crippen LogP contribution in [0.1, 0.15) is 79.8 Å². The van der Waals surface area contributed by atoms with E-state index in [1.165, 1.54) is 11.1 Å². The maximum absolute atomic E-state index is 14.3. The molecule has 6 atom stereocenters. The fourth-order valence-corrected chi connectivity index (χ4v) is 10.3. The molecule has 2 heterocycles. The molecular weight excluding hydrogens is 648 g/mol. The number of anilines is 1. The van der Waals surface area contributed by atoms with E-state index in [9.17, 15) is 13.8 Å². The third-order valence-corrected chi connectivity index (χ3v) is 13.4. The first-order chi connectivity index (χ1) is 23.1. The van der Waals surface area contributed by atoms with E-state index in [0.717, 1.165) is 80.9 Å². The Labute approximate surface area is 289 Å². The molecule has 3 amide bonds. The molecule has 2 aliphatic heterocycles. The summed E-state index contributed by atoms with van der Waals surface area (Å²) < 4.78 is 33.9. The van der Waals surface area contributed by atoms with E-state index in [1.54, 1.807) is 13.2 Å². The molecule has 2 aromatic carbocycles. The molecule has 1 unspecified atom stereocenters. The number of urea groups is 1. The van der Waals surface area contributed by atoms with Crippen LogP contribution in [0.3, 0.4) is 0 Å². The van der Waals surface area contributed by atoms with E-state index in [-0.39, 0.29) is 29.2 Å². The zero-order chi connectivity index (χ0) is 33.5. The molecule has 48 heavy (non-hydrogen) atoms. The number of methoxy groups -OCH3 is 1. The van der Waals surface area contributed by atoms with Crippen LogP contribution in [-0.4, -0.2) is 60.9 Å². The standard InChI is InChI=1S/C37H47ClN4O5S/c1-24-6-3-10-33(46-2)30-14-11-27(30)20-42-22-37(17-5-7-25-18-28(38)13-15-31(25)37)23-47-34-16-12-26(19-32(34)42)35(43)40-48(45,21-24)41-36(44)39-29-8-4-9-29/h3,10,12-13,15-16,18-19,24,27,29-30,33H,4-9,11,14,17,20-23H2,1-2H3,(H2,39,40,41,43,44,45)/b10-3+/t24-,27-,30+,33-,37-,48?/m0/s1.